The highest BCUT2D eigenvalue weighted by molar-refractivity contribution is 4.86. The van der Waals surface area contributed by atoms with Crippen LogP contribution in [0.2, 0.25) is 0 Å². The van der Waals surface area contributed by atoms with Crippen LogP contribution in [-0.4, -0.2) is 23.6 Å². The molecule has 0 radical (unpaired) electrons. The van der Waals surface area contributed by atoms with Crippen molar-refractivity contribution in [1.82, 2.24) is 5.01 Å². The summed E-state index contributed by atoms with van der Waals surface area (Å²) in [4.78, 5) is 0. The van der Waals surface area contributed by atoms with E-state index in [1.165, 1.54) is 12.8 Å². The Morgan fingerprint density at radius 3 is 3.11 bits per heavy atom. The van der Waals surface area contributed by atoms with E-state index in [0.717, 1.165) is 6.54 Å². The van der Waals surface area contributed by atoms with Crippen LogP contribution in [0.1, 0.15) is 19.8 Å². The van der Waals surface area contributed by atoms with Gasteiger partial charge in [0.1, 0.15) is 0 Å². The molecule has 2 rings (SSSR count). The molecular formula is C6H11N3. The molecule has 0 aromatic heterocycles. The van der Waals surface area contributed by atoms with E-state index in [1.54, 1.807) is 0 Å². The maximum Gasteiger partial charge on any atom is 0.0841 e. The maximum absolute atomic E-state index is 4.04. The van der Waals surface area contributed by atoms with Crippen LogP contribution < -0.4 is 0 Å². The molecule has 2 aliphatic heterocycles. The standard InChI is InChI=1S/C6H11N3/c1-5-2-3-6-4-7-8-9(5)6/h5-6H,2-4H2,1H3/t5-,6+/m0/s1. The Morgan fingerprint density at radius 2 is 2.33 bits per heavy atom. The molecule has 0 unspecified atom stereocenters. The third-order valence-electron chi connectivity index (χ3n) is 2.20. The van der Waals surface area contributed by atoms with Gasteiger partial charge in [-0.15, -0.1) is 0 Å². The molecule has 0 aromatic carbocycles. The molecule has 0 saturated carbocycles. The summed E-state index contributed by atoms with van der Waals surface area (Å²) in [7, 11) is 0. The first kappa shape index (κ1) is 5.21. The van der Waals surface area contributed by atoms with Crippen molar-refractivity contribution in [3.63, 3.8) is 0 Å². The Hall–Kier alpha value is -0.600. The molecule has 0 spiro atoms. The summed E-state index contributed by atoms with van der Waals surface area (Å²) in [5.74, 6) is 0. The van der Waals surface area contributed by atoms with Crippen LogP contribution in [0.4, 0.5) is 0 Å². The first-order valence-corrected chi connectivity index (χ1v) is 3.53. The summed E-state index contributed by atoms with van der Waals surface area (Å²) >= 11 is 0. The van der Waals surface area contributed by atoms with Gasteiger partial charge >= 0.3 is 0 Å². The van der Waals surface area contributed by atoms with E-state index < -0.39 is 0 Å². The summed E-state index contributed by atoms with van der Waals surface area (Å²) in [5, 5.41) is 10.1. The van der Waals surface area contributed by atoms with Crippen molar-refractivity contribution in [1.29, 1.82) is 0 Å². The lowest BCUT2D eigenvalue weighted by atomic mass is 10.2. The fourth-order valence-corrected chi connectivity index (χ4v) is 1.60. The van der Waals surface area contributed by atoms with Gasteiger partial charge in [-0.25, -0.2) is 0 Å². The van der Waals surface area contributed by atoms with Crippen LogP contribution in [0.25, 0.3) is 0 Å². The molecule has 3 nitrogen and oxygen atoms in total. The van der Waals surface area contributed by atoms with Crippen molar-refractivity contribution < 1.29 is 0 Å². The second kappa shape index (κ2) is 1.69. The largest absolute Gasteiger partial charge is 0.271 e. The monoisotopic (exact) mass is 125 g/mol. The van der Waals surface area contributed by atoms with Gasteiger partial charge in [-0.05, 0) is 19.8 Å². The molecule has 3 heteroatoms. The summed E-state index contributed by atoms with van der Waals surface area (Å²) in [5.41, 5.74) is 0. The van der Waals surface area contributed by atoms with Gasteiger partial charge in [0.05, 0.1) is 12.6 Å². The smallest absolute Gasteiger partial charge is 0.0841 e. The van der Waals surface area contributed by atoms with Gasteiger partial charge in [0.2, 0.25) is 0 Å². The van der Waals surface area contributed by atoms with Crippen molar-refractivity contribution in [3.05, 3.63) is 0 Å². The van der Waals surface area contributed by atoms with E-state index in [2.05, 4.69) is 22.3 Å². The van der Waals surface area contributed by atoms with Crippen molar-refractivity contribution in [2.75, 3.05) is 6.54 Å². The second-order valence-electron chi connectivity index (χ2n) is 2.87. The minimum absolute atomic E-state index is 0.640. The molecule has 0 aromatic rings. The van der Waals surface area contributed by atoms with Crippen LogP contribution in [0, 0.1) is 0 Å². The van der Waals surface area contributed by atoms with Crippen molar-refractivity contribution in [2.45, 2.75) is 31.8 Å². The number of hydrogen-bond donors (Lipinski definition) is 0. The molecule has 9 heavy (non-hydrogen) atoms. The Morgan fingerprint density at radius 1 is 1.44 bits per heavy atom. The van der Waals surface area contributed by atoms with E-state index in [9.17, 15) is 0 Å². The van der Waals surface area contributed by atoms with Crippen molar-refractivity contribution in [3.8, 4) is 0 Å². The van der Waals surface area contributed by atoms with Crippen molar-refractivity contribution >= 4 is 0 Å². The molecular weight excluding hydrogens is 114 g/mol. The molecule has 50 valence electrons. The Balaban J connectivity index is 2.15. The fraction of sp³-hybridized carbons (Fsp3) is 1.00. The lowest BCUT2D eigenvalue weighted by Gasteiger charge is -2.15. The van der Waals surface area contributed by atoms with Gasteiger partial charge in [0.25, 0.3) is 0 Å². The lowest BCUT2D eigenvalue weighted by molar-refractivity contribution is 0.242. The fourth-order valence-electron chi connectivity index (χ4n) is 1.60. The first-order valence-electron chi connectivity index (χ1n) is 3.53. The van der Waals surface area contributed by atoms with Crippen LogP contribution in [0.3, 0.4) is 0 Å². The molecule has 1 fully saturated rings. The molecule has 2 atom stereocenters. The second-order valence-corrected chi connectivity index (χ2v) is 2.87. The van der Waals surface area contributed by atoms with Crippen LogP contribution in [0.15, 0.2) is 10.3 Å². The number of rotatable bonds is 0. The number of fused-ring (bicyclic) bond motifs is 1. The topological polar surface area (TPSA) is 28.0 Å². The number of hydrogen-bond acceptors (Lipinski definition) is 3. The number of nitrogens with zero attached hydrogens (tertiary/aromatic N) is 3. The molecule has 2 aliphatic rings. The average Bonchev–Trinajstić information content (AvgIpc) is 2.35. The molecule has 0 aliphatic carbocycles. The highest BCUT2D eigenvalue weighted by Crippen LogP contribution is 2.27. The summed E-state index contributed by atoms with van der Waals surface area (Å²) < 4.78 is 0. The molecule has 2 heterocycles. The van der Waals surface area contributed by atoms with E-state index in [0.29, 0.717) is 12.1 Å². The van der Waals surface area contributed by atoms with Gasteiger partial charge in [0, 0.05) is 6.04 Å². The summed E-state index contributed by atoms with van der Waals surface area (Å²) in [6.07, 6.45) is 2.58. The summed E-state index contributed by atoms with van der Waals surface area (Å²) in [6.45, 7) is 3.15. The Bertz CT molecular complexity index is 143. The molecule has 0 amide bonds. The quantitative estimate of drug-likeness (QED) is 0.478. The summed E-state index contributed by atoms with van der Waals surface area (Å²) in [6, 6.07) is 1.29. The van der Waals surface area contributed by atoms with Crippen LogP contribution in [0.5, 0.6) is 0 Å². The predicted molar refractivity (Wildman–Crippen MR) is 34.0 cm³/mol. The zero-order chi connectivity index (χ0) is 6.27. The van der Waals surface area contributed by atoms with Gasteiger partial charge in [-0.3, -0.25) is 5.01 Å². The first-order chi connectivity index (χ1) is 4.38. The van der Waals surface area contributed by atoms with Crippen LogP contribution in [-0.2, 0) is 0 Å². The zero-order valence-electron chi connectivity index (χ0n) is 5.62. The van der Waals surface area contributed by atoms with E-state index in [4.69, 9.17) is 0 Å². The highest BCUT2D eigenvalue weighted by Gasteiger charge is 2.32. The lowest BCUT2D eigenvalue weighted by Crippen LogP contribution is -2.26. The normalized spacial score (nSPS) is 39.9. The Labute approximate surface area is 54.7 Å². The van der Waals surface area contributed by atoms with E-state index in [1.807, 2.05) is 0 Å². The van der Waals surface area contributed by atoms with Gasteiger partial charge in [0.15, 0.2) is 0 Å². The molecule has 0 N–H and O–H groups in total. The third-order valence-corrected chi connectivity index (χ3v) is 2.20. The Kier molecular flexibility index (Phi) is 0.976. The van der Waals surface area contributed by atoms with Gasteiger partial charge < -0.3 is 0 Å². The predicted octanol–water partition coefficient (Wildman–Crippen LogP) is 1.22. The average molecular weight is 125 g/mol. The van der Waals surface area contributed by atoms with Gasteiger partial charge in [-0.2, -0.15) is 5.11 Å². The molecule has 0 bridgehead atoms. The SMILES string of the molecule is C[C@H]1CC[C@@H]2CN=NN21. The minimum Gasteiger partial charge on any atom is -0.271 e. The van der Waals surface area contributed by atoms with Crippen molar-refractivity contribution in [2.24, 2.45) is 10.3 Å². The van der Waals surface area contributed by atoms with E-state index in [-0.39, 0.29) is 0 Å². The highest BCUT2D eigenvalue weighted by atomic mass is 15.6. The molecule has 1 saturated heterocycles. The van der Waals surface area contributed by atoms with Crippen LogP contribution >= 0.6 is 0 Å². The minimum atomic E-state index is 0.640. The zero-order valence-corrected chi connectivity index (χ0v) is 5.62. The van der Waals surface area contributed by atoms with E-state index >= 15 is 0 Å². The van der Waals surface area contributed by atoms with Gasteiger partial charge in [-0.1, -0.05) is 5.22 Å². The third kappa shape index (κ3) is 0.637. The maximum atomic E-state index is 4.04.